The highest BCUT2D eigenvalue weighted by Crippen LogP contribution is 2.17. The Kier molecular flexibility index (Phi) is 4.91. The van der Waals surface area contributed by atoms with Gasteiger partial charge < -0.3 is 11.1 Å². The van der Waals surface area contributed by atoms with Crippen molar-refractivity contribution >= 4 is 5.91 Å². The molecule has 18 heavy (non-hydrogen) atoms. The van der Waals surface area contributed by atoms with Crippen LogP contribution in [0.4, 0.5) is 0 Å². The molecule has 3 N–H and O–H groups in total. The molecule has 0 radical (unpaired) electrons. The molecule has 1 aromatic carbocycles. The van der Waals surface area contributed by atoms with Crippen molar-refractivity contribution < 1.29 is 4.79 Å². The first-order chi connectivity index (χ1) is 8.42. The molecule has 0 saturated heterocycles. The highest BCUT2D eigenvalue weighted by atomic mass is 16.2. The Bertz CT molecular complexity index is 411. The molecule has 0 fully saturated rings. The summed E-state index contributed by atoms with van der Waals surface area (Å²) in [5, 5.41) is 3.00. The van der Waals surface area contributed by atoms with Crippen molar-refractivity contribution in [1.82, 2.24) is 5.32 Å². The second kappa shape index (κ2) is 6.01. The molecule has 100 valence electrons. The van der Waals surface area contributed by atoms with Crippen LogP contribution in [0.15, 0.2) is 24.3 Å². The Labute approximate surface area is 110 Å². The van der Waals surface area contributed by atoms with E-state index in [1.54, 1.807) is 0 Å². The van der Waals surface area contributed by atoms with E-state index in [9.17, 15) is 4.79 Å². The van der Waals surface area contributed by atoms with Crippen molar-refractivity contribution in [3.05, 3.63) is 35.4 Å². The van der Waals surface area contributed by atoms with E-state index < -0.39 is 5.54 Å². The lowest BCUT2D eigenvalue weighted by Crippen LogP contribution is -2.53. The zero-order valence-electron chi connectivity index (χ0n) is 11.8. The molecule has 3 nitrogen and oxygen atoms in total. The van der Waals surface area contributed by atoms with Gasteiger partial charge >= 0.3 is 0 Å². The number of carbonyl (C=O) groups excluding carboxylic acids is 1. The van der Waals surface area contributed by atoms with Crippen LogP contribution in [-0.2, 0) is 4.79 Å². The van der Waals surface area contributed by atoms with Gasteiger partial charge in [0.2, 0.25) is 5.91 Å². The summed E-state index contributed by atoms with van der Waals surface area (Å²) in [5.74, 6) is -0.0680. The molecule has 0 aliphatic rings. The number of amides is 1. The third kappa shape index (κ3) is 3.33. The van der Waals surface area contributed by atoms with Gasteiger partial charge in [0.25, 0.3) is 0 Å². The number of nitrogens with two attached hydrogens (primary N) is 1. The number of rotatable bonds is 5. The fourth-order valence-corrected chi connectivity index (χ4v) is 1.93. The van der Waals surface area contributed by atoms with Crippen molar-refractivity contribution in [2.24, 2.45) is 5.73 Å². The summed E-state index contributed by atoms with van der Waals surface area (Å²) in [4.78, 5) is 12.2. The lowest BCUT2D eigenvalue weighted by atomic mass is 9.92. The molecule has 3 heteroatoms. The maximum Gasteiger partial charge on any atom is 0.240 e. The van der Waals surface area contributed by atoms with Gasteiger partial charge in [-0.2, -0.15) is 0 Å². The lowest BCUT2D eigenvalue weighted by molar-refractivity contribution is -0.127. The number of nitrogens with one attached hydrogen (secondary N) is 1. The fourth-order valence-electron chi connectivity index (χ4n) is 1.93. The van der Waals surface area contributed by atoms with Gasteiger partial charge in [-0.05, 0) is 32.3 Å². The second-order valence-corrected chi connectivity index (χ2v) is 4.97. The molecule has 0 aliphatic carbocycles. The molecule has 1 aromatic rings. The molecule has 0 unspecified atom stereocenters. The topological polar surface area (TPSA) is 55.1 Å². The molecule has 0 heterocycles. The van der Waals surface area contributed by atoms with Crippen LogP contribution in [0, 0.1) is 6.92 Å². The van der Waals surface area contributed by atoms with E-state index in [1.807, 2.05) is 45.9 Å². The van der Waals surface area contributed by atoms with Crippen LogP contribution in [0.2, 0.25) is 0 Å². The van der Waals surface area contributed by atoms with Gasteiger partial charge in [-0.15, -0.1) is 0 Å². The molecule has 0 saturated carbocycles. The molecule has 0 spiro atoms. The summed E-state index contributed by atoms with van der Waals surface area (Å²) in [6, 6.07) is 8.14. The largest absolute Gasteiger partial charge is 0.348 e. The number of hydrogen-bond donors (Lipinski definition) is 2. The number of benzene rings is 1. The first-order valence-corrected chi connectivity index (χ1v) is 6.59. The molecule has 0 aromatic heterocycles. The molecule has 0 bridgehead atoms. The van der Waals surface area contributed by atoms with E-state index in [4.69, 9.17) is 5.73 Å². The maximum absolute atomic E-state index is 12.2. The van der Waals surface area contributed by atoms with Gasteiger partial charge in [0.05, 0.1) is 11.6 Å². The van der Waals surface area contributed by atoms with Crippen LogP contribution in [0.25, 0.3) is 0 Å². The van der Waals surface area contributed by atoms with Crippen LogP contribution in [0.3, 0.4) is 0 Å². The molecule has 0 aliphatic heterocycles. The zero-order chi connectivity index (χ0) is 13.8. The first-order valence-electron chi connectivity index (χ1n) is 6.59. The summed E-state index contributed by atoms with van der Waals surface area (Å²) in [5.41, 5.74) is 7.63. The number of aryl methyl sites for hydroxylation is 1. The van der Waals surface area contributed by atoms with Crippen LogP contribution in [-0.4, -0.2) is 11.4 Å². The molecular formula is C15H24N2O. The zero-order valence-corrected chi connectivity index (χ0v) is 11.8. The van der Waals surface area contributed by atoms with E-state index >= 15 is 0 Å². The monoisotopic (exact) mass is 248 g/mol. The lowest BCUT2D eigenvalue weighted by Gasteiger charge is -2.27. The van der Waals surface area contributed by atoms with E-state index in [1.165, 1.54) is 5.56 Å². The number of carbonyl (C=O) groups is 1. The Morgan fingerprint density at radius 1 is 1.39 bits per heavy atom. The van der Waals surface area contributed by atoms with Crippen molar-refractivity contribution in [1.29, 1.82) is 0 Å². The predicted molar refractivity (Wildman–Crippen MR) is 75.2 cm³/mol. The minimum atomic E-state index is -0.752. The van der Waals surface area contributed by atoms with Crippen LogP contribution in [0.1, 0.15) is 50.8 Å². The van der Waals surface area contributed by atoms with Gasteiger partial charge in [0, 0.05) is 0 Å². The van der Waals surface area contributed by atoms with Crippen LogP contribution < -0.4 is 11.1 Å². The van der Waals surface area contributed by atoms with E-state index in [0.29, 0.717) is 12.8 Å². The van der Waals surface area contributed by atoms with Gasteiger partial charge in [0.1, 0.15) is 0 Å². The molecule has 1 atom stereocenters. The smallest absolute Gasteiger partial charge is 0.240 e. The number of hydrogen-bond acceptors (Lipinski definition) is 2. The standard InChI is InChI=1S/C15H24N2O/c1-5-15(16,6-2)14(18)17-12(4)13-9-7-8-11(3)10-13/h7-10,12H,5-6,16H2,1-4H3,(H,17,18)/t12-/m1/s1. The minimum Gasteiger partial charge on any atom is -0.348 e. The summed E-state index contributed by atoms with van der Waals surface area (Å²) in [7, 11) is 0. The van der Waals surface area contributed by atoms with Crippen molar-refractivity contribution in [2.45, 2.75) is 52.1 Å². The predicted octanol–water partition coefficient (Wildman–Crippen LogP) is 2.69. The average Bonchev–Trinajstić information content (AvgIpc) is 2.37. The quantitative estimate of drug-likeness (QED) is 0.841. The molecule has 1 amide bonds. The Balaban J connectivity index is 2.76. The van der Waals surface area contributed by atoms with Gasteiger partial charge in [0.15, 0.2) is 0 Å². The minimum absolute atomic E-state index is 0.0153. The second-order valence-electron chi connectivity index (χ2n) is 4.97. The normalized spacial score (nSPS) is 13.2. The van der Waals surface area contributed by atoms with E-state index in [0.717, 1.165) is 5.56 Å². The van der Waals surface area contributed by atoms with Gasteiger partial charge in [-0.25, -0.2) is 0 Å². The SMILES string of the molecule is CCC(N)(CC)C(=O)N[C@H](C)c1cccc(C)c1. The molecule has 1 rings (SSSR count). The third-order valence-corrected chi connectivity index (χ3v) is 3.60. The van der Waals surface area contributed by atoms with Crippen molar-refractivity contribution in [2.75, 3.05) is 0 Å². The average molecular weight is 248 g/mol. The van der Waals surface area contributed by atoms with E-state index in [2.05, 4.69) is 11.4 Å². The Morgan fingerprint density at radius 3 is 2.50 bits per heavy atom. The summed E-state index contributed by atoms with van der Waals surface area (Å²) in [6.07, 6.45) is 1.30. The van der Waals surface area contributed by atoms with Crippen LogP contribution >= 0.6 is 0 Å². The highest BCUT2D eigenvalue weighted by Gasteiger charge is 2.30. The molecular weight excluding hydrogens is 224 g/mol. The Morgan fingerprint density at radius 2 is 2.00 bits per heavy atom. The third-order valence-electron chi connectivity index (χ3n) is 3.60. The highest BCUT2D eigenvalue weighted by molar-refractivity contribution is 5.86. The van der Waals surface area contributed by atoms with E-state index in [-0.39, 0.29) is 11.9 Å². The summed E-state index contributed by atoms with van der Waals surface area (Å²) >= 11 is 0. The van der Waals surface area contributed by atoms with Gasteiger partial charge in [-0.1, -0.05) is 43.7 Å². The van der Waals surface area contributed by atoms with Crippen molar-refractivity contribution in [3.8, 4) is 0 Å². The first kappa shape index (κ1) is 14.7. The maximum atomic E-state index is 12.2. The fraction of sp³-hybridized carbons (Fsp3) is 0.533. The summed E-state index contributed by atoms with van der Waals surface area (Å²) in [6.45, 7) is 7.92. The summed E-state index contributed by atoms with van der Waals surface area (Å²) < 4.78 is 0. The van der Waals surface area contributed by atoms with Crippen LogP contribution in [0.5, 0.6) is 0 Å². The van der Waals surface area contributed by atoms with Gasteiger partial charge in [-0.3, -0.25) is 4.79 Å². The Hall–Kier alpha value is -1.35. The van der Waals surface area contributed by atoms with Crippen molar-refractivity contribution in [3.63, 3.8) is 0 Å².